The largest absolute Gasteiger partial charge is 0.483 e. The molecule has 0 unspecified atom stereocenters. The van der Waals surface area contributed by atoms with Gasteiger partial charge in [0.1, 0.15) is 12.3 Å². The number of rotatable bonds is 6. The molecule has 1 amide bonds. The van der Waals surface area contributed by atoms with Gasteiger partial charge >= 0.3 is 5.97 Å². The summed E-state index contributed by atoms with van der Waals surface area (Å²) in [5, 5.41) is 2.09. The number of fused-ring (bicyclic) bond motifs is 1. The van der Waals surface area contributed by atoms with E-state index in [2.05, 4.69) is 20.7 Å². The maximum absolute atomic E-state index is 12.4. The van der Waals surface area contributed by atoms with Crippen molar-refractivity contribution in [2.24, 2.45) is 0 Å². The lowest BCUT2D eigenvalue weighted by atomic mass is 10.1. The van der Waals surface area contributed by atoms with Crippen LogP contribution in [0, 0.1) is 0 Å². The summed E-state index contributed by atoms with van der Waals surface area (Å²) in [4.78, 5) is 25.2. The third-order valence-corrected chi connectivity index (χ3v) is 4.47. The average Bonchev–Trinajstić information content (AvgIpc) is 2.58. The molecule has 0 atom stereocenters. The Balaban J connectivity index is 2.10. The van der Waals surface area contributed by atoms with Crippen molar-refractivity contribution < 1.29 is 19.1 Å². The van der Waals surface area contributed by atoms with Crippen molar-refractivity contribution in [3.05, 3.63) is 40.9 Å². The number of nitrogens with zero attached hydrogens (tertiary/aromatic N) is 1. The van der Waals surface area contributed by atoms with Gasteiger partial charge in [-0.2, -0.15) is 0 Å². The van der Waals surface area contributed by atoms with Crippen molar-refractivity contribution in [3.8, 4) is 5.75 Å². The van der Waals surface area contributed by atoms with Crippen molar-refractivity contribution in [1.82, 2.24) is 4.90 Å². The molecule has 0 aliphatic carbocycles. The van der Waals surface area contributed by atoms with Gasteiger partial charge in [0, 0.05) is 6.04 Å². The summed E-state index contributed by atoms with van der Waals surface area (Å²) in [5.74, 6) is -0.136. The van der Waals surface area contributed by atoms with Crippen molar-refractivity contribution in [2.45, 2.75) is 19.9 Å². The van der Waals surface area contributed by atoms with Gasteiger partial charge in [0.25, 0.3) is 5.91 Å². The Bertz CT molecular complexity index is 745. The number of esters is 1. The highest BCUT2D eigenvalue weighted by Crippen LogP contribution is 2.33. The van der Waals surface area contributed by atoms with Gasteiger partial charge < -0.3 is 14.4 Å². The number of benzene rings is 2. The first-order valence-electron chi connectivity index (χ1n) is 7.60. The molecule has 0 aliphatic rings. The van der Waals surface area contributed by atoms with Crippen LogP contribution in [0.3, 0.4) is 0 Å². The highest BCUT2D eigenvalue weighted by atomic mass is 79.9. The van der Waals surface area contributed by atoms with Crippen molar-refractivity contribution in [1.29, 1.82) is 0 Å². The monoisotopic (exact) mass is 393 g/mol. The van der Waals surface area contributed by atoms with Crippen LogP contribution in [-0.2, 0) is 14.3 Å². The topological polar surface area (TPSA) is 55.8 Å². The second kappa shape index (κ2) is 8.15. The van der Waals surface area contributed by atoms with Crippen molar-refractivity contribution in [2.75, 3.05) is 20.3 Å². The molecular formula is C18H20BrNO4. The van der Waals surface area contributed by atoms with E-state index in [9.17, 15) is 9.59 Å². The van der Waals surface area contributed by atoms with E-state index in [-0.39, 0.29) is 25.1 Å². The van der Waals surface area contributed by atoms with E-state index >= 15 is 0 Å². The van der Waals surface area contributed by atoms with Crippen LogP contribution in [0.1, 0.15) is 13.8 Å². The summed E-state index contributed by atoms with van der Waals surface area (Å²) in [6.45, 7) is 3.45. The molecule has 5 nitrogen and oxygen atoms in total. The van der Waals surface area contributed by atoms with Crippen molar-refractivity contribution >= 4 is 38.6 Å². The molecule has 24 heavy (non-hydrogen) atoms. The fourth-order valence-corrected chi connectivity index (χ4v) is 2.92. The number of ether oxygens (including phenoxy) is 2. The van der Waals surface area contributed by atoms with Crippen LogP contribution in [0.25, 0.3) is 10.8 Å². The third-order valence-electron chi connectivity index (χ3n) is 3.65. The smallest absolute Gasteiger partial charge is 0.325 e. The molecule has 0 spiro atoms. The Morgan fingerprint density at radius 3 is 2.54 bits per heavy atom. The van der Waals surface area contributed by atoms with E-state index in [0.29, 0.717) is 5.75 Å². The number of halogens is 1. The lowest BCUT2D eigenvalue weighted by Crippen LogP contribution is -2.43. The first-order chi connectivity index (χ1) is 11.4. The Kier molecular flexibility index (Phi) is 6.20. The molecule has 2 rings (SSSR count). The summed E-state index contributed by atoms with van der Waals surface area (Å²) in [6, 6.07) is 11.5. The molecule has 0 fully saturated rings. The van der Waals surface area contributed by atoms with Gasteiger partial charge in [-0.3, -0.25) is 9.59 Å². The number of carbonyl (C=O) groups excluding carboxylic acids is 2. The van der Waals surface area contributed by atoms with E-state index < -0.39 is 5.97 Å². The molecule has 0 aromatic heterocycles. The normalized spacial score (nSPS) is 10.7. The average molecular weight is 394 g/mol. The molecule has 6 heteroatoms. The van der Waals surface area contributed by atoms with Gasteiger partial charge in [0.15, 0.2) is 6.61 Å². The van der Waals surface area contributed by atoms with Gasteiger partial charge in [-0.15, -0.1) is 0 Å². The highest BCUT2D eigenvalue weighted by Gasteiger charge is 2.21. The minimum atomic E-state index is -0.455. The van der Waals surface area contributed by atoms with E-state index in [0.717, 1.165) is 15.2 Å². The molecule has 2 aromatic carbocycles. The zero-order chi connectivity index (χ0) is 17.7. The van der Waals surface area contributed by atoms with Gasteiger partial charge in [-0.25, -0.2) is 0 Å². The van der Waals surface area contributed by atoms with Gasteiger partial charge in [-0.05, 0) is 46.6 Å². The fraction of sp³-hybridized carbons (Fsp3) is 0.333. The zero-order valence-electron chi connectivity index (χ0n) is 13.9. The van der Waals surface area contributed by atoms with Gasteiger partial charge in [0.05, 0.1) is 11.6 Å². The number of carbonyl (C=O) groups is 2. The Hall–Kier alpha value is -2.08. The van der Waals surface area contributed by atoms with Crippen LogP contribution in [0.2, 0.25) is 0 Å². The summed E-state index contributed by atoms with van der Waals surface area (Å²) in [6.07, 6.45) is 0. The summed E-state index contributed by atoms with van der Waals surface area (Å²) in [5.41, 5.74) is 0. The van der Waals surface area contributed by atoms with E-state index in [1.54, 1.807) is 0 Å². The quantitative estimate of drug-likeness (QED) is 0.705. The Morgan fingerprint density at radius 1 is 1.17 bits per heavy atom. The zero-order valence-corrected chi connectivity index (χ0v) is 15.5. The van der Waals surface area contributed by atoms with Gasteiger partial charge in [-0.1, -0.05) is 30.3 Å². The van der Waals surface area contributed by atoms with Crippen LogP contribution in [0.4, 0.5) is 0 Å². The summed E-state index contributed by atoms with van der Waals surface area (Å²) in [7, 11) is 1.30. The van der Waals surface area contributed by atoms with Crippen LogP contribution < -0.4 is 4.74 Å². The standard InChI is InChI=1S/C18H20BrNO4/c1-12(2)20(10-17(22)23-3)16(21)11-24-15-9-8-13-6-4-5-7-14(13)18(15)19/h4-9,12H,10-11H2,1-3H3. The van der Waals surface area contributed by atoms with Gasteiger partial charge in [0.2, 0.25) is 0 Å². The lowest BCUT2D eigenvalue weighted by Gasteiger charge is -2.25. The first kappa shape index (κ1) is 18.3. The molecule has 0 N–H and O–H groups in total. The maximum Gasteiger partial charge on any atom is 0.325 e. The molecule has 0 radical (unpaired) electrons. The molecule has 0 saturated heterocycles. The van der Waals surface area contributed by atoms with E-state index in [1.807, 2.05) is 50.2 Å². The maximum atomic E-state index is 12.4. The second-order valence-corrected chi connectivity index (χ2v) is 6.37. The minimum Gasteiger partial charge on any atom is -0.483 e. The number of methoxy groups -OCH3 is 1. The Labute approximate surface area is 149 Å². The molecule has 0 bridgehead atoms. The molecule has 0 heterocycles. The second-order valence-electron chi connectivity index (χ2n) is 5.58. The predicted octanol–water partition coefficient (Wildman–Crippen LogP) is 3.39. The third kappa shape index (κ3) is 4.26. The Morgan fingerprint density at radius 2 is 1.88 bits per heavy atom. The van der Waals surface area contributed by atoms with Crippen LogP contribution in [0.15, 0.2) is 40.9 Å². The summed E-state index contributed by atoms with van der Waals surface area (Å²) < 4.78 is 11.1. The number of amides is 1. The van der Waals surface area contributed by atoms with Crippen LogP contribution in [0.5, 0.6) is 5.75 Å². The molecular weight excluding hydrogens is 374 g/mol. The number of hydrogen-bond donors (Lipinski definition) is 0. The van der Waals surface area contributed by atoms with Crippen molar-refractivity contribution in [3.63, 3.8) is 0 Å². The molecule has 0 saturated carbocycles. The summed E-state index contributed by atoms with van der Waals surface area (Å²) >= 11 is 3.53. The fourth-order valence-electron chi connectivity index (χ4n) is 2.31. The predicted molar refractivity (Wildman–Crippen MR) is 96.0 cm³/mol. The molecule has 128 valence electrons. The van der Waals surface area contributed by atoms with Crippen LogP contribution in [-0.4, -0.2) is 43.1 Å². The van der Waals surface area contributed by atoms with E-state index in [1.165, 1.54) is 12.0 Å². The van der Waals surface area contributed by atoms with Crippen LogP contribution >= 0.6 is 15.9 Å². The first-order valence-corrected chi connectivity index (χ1v) is 8.39. The lowest BCUT2D eigenvalue weighted by molar-refractivity contribution is -0.149. The minimum absolute atomic E-state index is 0.0880. The molecule has 2 aromatic rings. The SMILES string of the molecule is COC(=O)CN(C(=O)COc1ccc2ccccc2c1Br)C(C)C. The highest BCUT2D eigenvalue weighted by molar-refractivity contribution is 9.10. The number of hydrogen-bond acceptors (Lipinski definition) is 4. The van der Waals surface area contributed by atoms with E-state index in [4.69, 9.17) is 4.74 Å². The molecule has 0 aliphatic heterocycles.